The topological polar surface area (TPSA) is 67.4 Å². The number of para-hydroxylation sites is 3. The summed E-state index contributed by atoms with van der Waals surface area (Å²) in [7, 11) is 1.53. The predicted molar refractivity (Wildman–Crippen MR) is 90.8 cm³/mol. The van der Waals surface area contributed by atoms with E-state index in [1.165, 1.54) is 7.11 Å². The Bertz CT molecular complexity index is 706. The van der Waals surface area contributed by atoms with E-state index in [1.54, 1.807) is 18.2 Å². The van der Waals surface area contributed by atoms with Crippen LogP contribution in [0.25, 0.3) is 0 Å². The van der Waals surface area contributed by atoms with E-state index in [0.29, 0.717) is 11.4 Å². The smallest absolute Gasteiger partial charge is 0.233 e. The SMILES string of the molecule is COc1ccccc1NC(=O)CC(=O)Nc1c(C)cccc1C. The Morgan fingerprint density at radius 1 is 0.913 bits per heavy atom. The molecule has 2 aromatic rings. The molecule has 0 aromatic heterocycles. The van der Waals surface area contributed by atoms with Crippen molar-refractivity contribution >= 4 is 23.2 Å². The van der Waals surface area contributed by atoms with Crippen LogP contribution < -0.4 is 15.4 Å². The van der Waals surface area contributed by atoms with Gasteiger partial charge in [-0.25, -0.2) is 0 Å². The van der Waals surface area contributed by atoms with Gasteiger partial charge in [0.2, 0.25) is 11.8 Å². The number of hydrogen-bond donors (Lipinski definition) is 2. The molecule has 0 heterocycles. The highest BCUT2D eigenvalue weighted by molar-refractivity contribution is 6.08. The number of rotatable bonds is 5. The van der Waals surface area contributed by atoms with Crippen LogP contribution in [0, 0.1) is 13.8 Å². The summed E-state index contributed by atoms with van der Waals surface area (Å²) in [5.74, 6) is -0.191. The number of benzene rings is 2. The zero-order chi connectivity index (χ0) is 16.8. The number of amides is 2. The Morgan fingerprint density at radius 2 is 1.52 bits per heavy atom. The molecule has 2 N–H and O–H groups in total. The lowest BCUT2D eigenvalue weighted by Gasteiger charge is -2.12. The minimum absolute atomic E-state index is 0.258. The van der Waals surface area contributed by atoms with E-state index in [0.717, 1.165) is 16.8 Å². The van der Waals surface area contributed by atoms with Crippen molar-refractivity contribution in [2.45, 2.75) is 20.3 Å². The van der Waals surface area contributed by atoms with Crippen molar-refractivity contribution in [1.29, 1.82) is 0 Å². The maximum absolute atomic E-state index is 12.1. The second-order valence-corrected chi connectivity index (χ2v) is 5.24. The predicted octanol–water partition coefficient (Wildman–Crippen LogP) is 3.28. The van der Waals surface area contributed by atoms with Gasteiger partial charge in [0.25, 0.3) is 0 Å². The maximum atomic E-state index is 12.1. The van der Waals surface area contributed by atoms with Crippen LogP contribution in [0.5, 0.6) is 5.75 Å². The van der Waals surface area contributed by atoms with Crippen LogP contribution in [0.4, 0.5) is 11.4 Å². The Morgan fingerprint density at radius 3 is 2.17 bits per heavy atom. The first kappa shape index (κ1) is 16.5. The molecule has 0 saturated heterocycles. The number of aryl methyl sites for hydroxylation is 2. The van der Waals surface area contributed by atoms with E-state index in [-0.39, 0.29) is 12.3 Å². The number of ether oxygens (including phenoxy) is 1. The van der Waals surface area contributed by atoms with Gasteiger partial charge in [-0.2, -0.15) is 0 Å². The number of carbonyl (C=O) groups is 2. The van der Waals surface area contributed by atoms with Gasteiger partial charge in [0.1, 0.15) is 12.2 Å². The van der Waals surface area contributed by atoms with Crippen molar-refractivity contribution in [2.24, 2.45) is 0 Å². The quantitative estimate of drug-likeness (QED) is 0.833. The fourth-order valence-corrected chi connectivity index (χ4v) is 2.28. The molecule has 2 rings (SSSR count). The molecule has 0 atom stereocenters. The van der Waals surface area contributed by atoms with Crippen LogP contribution >= 0.6 is 0 Å². The molecule has 0 aliphatic carbocycles. The standard InChI is InChI=1S/C18H20N2O3/c1-12-7-6-8-13(2)18(12)20-17(22)11-16(21)19-14-9-4-5-10-15(14)23-3/h4-10H,11H2,1-3H3,(H,19,21)(H,20,22). The minimum Gasteiger partial charge on any atom is -0.495 e. The summed E-state index contributed by atoms with van der Waals surface area (Å²) in [6.07, 6.45) is -0.258. The molecule has 0 aliphatic rings. The first-order chi connectivity index (χ1) is 11.0. The van der Waals surface area contributed by atoms with E-state index in [1.807, 2.05) is 38.1 Å². The first-order valence-corrected chi connectivity index (χ1v) is 7.30. The highest BCUT2D eigenvalue weighted by Gasteiger charge is 2.13. The van der Waals surface area contributed by atoms with Gasteiger partial charge in [-0.3, -0.25) is 9.59 Å². The Kier molecular flexibility index (Phi) is 5.36. The second kappa shape index (κ2) is 7.45. The molecule has 5 heteroatoms. The molecule has 0 aliphatic heterocycles. The summed E-state index contributed by atoms with van der Waals surface area (Å²) in [5, 5.41) is 5.48. The largest absolute Gasteiger partial charge is 0.495 e. The van der Waals surface area contributed by atoms with Gasteiger partial charge in [-0.05, 0) is 37.1 Å². The number of methoxy groups -OCH3 is 1. The molecule has 120 valence electrons. The third-order valence-electron chi connectivity index (χ3n) is 3.45. The third-order valence-corrected chi connectivity index (χ3v) is 3.45. The molecular weight excluding hydrogens is 292 g/mol. The minimum atomic E-state index is -0.391. The molecule has 0 saturated carbocycles. The van der Waals surface area contributed by atoms with Gasteiger partial charge < -0.3 is 15.4 Å². The lowest BCUT2D eigenvalue weighted by Crippen LogP contribution is -2.22. The van der Waals surface area contributed by atoms with Crippen LogP contribution in [-0.2, 0) is 9.59 Å². The Hall–Kier alpha value is -2.82. The van der Waals surface area contributed by atoms with Crippen LogP contribution in [0.2, 0.25) is 0 Å². The van der Waals surface area contributed by atoms with Crippen LogP contribution in [0.1, 0.15) is 17.5 Å². The third kappa shape index (κ3) is 4.32. The fraction of sp³-hybridized carbons (Fsp3) is 0.222. The summed E-state index contributed by atoms with van der Waals surface area (Å²) in [4.78, 5) is 24.1. The van der Waals surface area contributed by atoms with Crippen molar-refractivity contribution < 1.29 is 14.3 Å². The zero-order valence-corrected chi connectivity index (χ0v) is 13.5. The van der Waals surface area contributed by atoms with E-state index >= 15 is 0 Å². The van der Waals surface area contributed by atoms with E-state index in [4.69, 9.17) is 4.74 Å². The second-order valence-electron chi connectivity index (χ2n) is 5.24. The van der Waals surface area contributed by atoms with Gasteiger partial charge in [0.05, 0.1) is 12.8 Å². The lowest BCUT2D eigenvalue weighted by molar-refractivity contribution is -0.123. The normalized spacial score (nSPS) is 10.0. The summed E-state index contributed by atoms with van der Waals surface area (Å²) < 4.78 is 5.16. The summed E-state index contributed by atoms with van der Waals surface area (Å²) >= 11 is 0. The maximum Gasteiger partial charge on any atom is 0.233 e. The highest BCUT2D eigenvalue weighted by Crippen LogP contribution is 2.23. The van der Waals surface area contributed by atoms with Gasteiger partial charge in [0, 0.05) is 5.69 Å². The van der Waals surface area contributed by atoms with Gasteiger partial charge >= 0.3 is 0 Å². The van der Waals surface area contributed by atoms with Crippen molar-refractivity contribution in [3.63, 3.8) is 0 Å². The number of anilines is 2. The Balaban J connectivity index is 1.99. The number of carbonyl (C=O) groups excluding carboxylic acids is 2. The molecule has 0 spiro atoms. The van der Waals surface area contributed by atoms with Gasteiger partial charge in [0.15, 0.2) is 0 Å². The lowest BCUT2D eigenvalue weighted by atomic mass is 10.1. The van der Waals surface area contributed by atoms with E-state index in [2.05, 4.69) is 10.6 Å². The van der Waals surface area contributed by atoms with Crippen molar-refractivity contribution in [3.8, 4) is 5.75 Å². The molecule has 0 fully saturated rings. The average molecular weight is 312 g/mol. The number of hydrogen-bond acceptors (Lipinski definition) is 3. The summed E-state index contributed by atoms with van der Waals surface area (Å²) in [6, 6.07) is 12.8. The van der Waals surface area contributed by atoms with Crippen LogP contribution in [0.15, 0.2) is 42.5 Å². The number of nitrogens with one attached hydrogen (secondary N) is 2. The molecule has 0 unspecified atom stereocenters. The van der Waals surface area contributed by atoms with Gasteiger partial charge in [-0.1, -0.05) is 30.3 Å². The highest BCUT2D eigenvalue weighted by atomic mass is 16.5. The first-order valence-electron chi connectivity index (χ1n) is 7.30. The van der Waals surface area contributed by atoms with Crippen molar-refractivity contribution in [1.82, 2.24) is 0 Å². The fourth-order valence-electron chi connectivity index (χ4n) is 2.28. The molecule has 0 bridgehead atoms. The molecule has 0 radical (unpaired) electrons. The van der Waals surface area contributed by atoms with Crippen molar-refractivity contribution in [3.05, 3.63) is 53.6 Å². The van der Waals surface area contributed by atoms with Gasteiger partial charge in [-0.15, -0.1) is 0 Å². The Labute approximate surface area is 135 Å². The zero-order valence-electron chi connectivity index (χ0n) is 13.5. The molecular formula is C18H20N2O3. The monoisotopic (exact) mass is 312 g/mol. The van der Waals surface area contributed by atoms with Crippen molar-refractivity contribution in [2.75, 3.05) is 17.7 Å². The van der Waals surface area contributed by atoms with Crippen LogP contribution in [-0.4, -0.2) is 18.9 Å². The molecule has 2 amide bonds. The average Bonchev–Trinajstić information content (AvgIpc) is 2.51. The van der Waals surface area contributed by atoms with Crippen LogP contribution in [0.3, 0.4) is 0 Å². The molecule has 5 nitrogen and oxygen atoms in total. The molecule has 23 heavy (non-hydrogen) atoms. The summed E-state index contributed by atoms with van der Waals surface area (Å²) in [5.41, 5.74) is 3.22. The molecule has 2 aromatic carbocycles. The van der Waals surface area contributed by atoms with E-state index < -0.39 is 5.91 Å². The van der Waals surface area contributed by atoms with E-state index in [9.17, 15) is 9.59 Å². The summed E-state index contributed by atoms with van der Waals surface area (Å²) in [6.45, 7) is 3.83.